The van der Waals surface area contributed by atoms with Crippen LogP contribution < -0.4 is 5.32 Å². The molecule has 0 unspecified atom stereocenters. The minimum absolute atomic E-state index is 0.0108. The first-order chi connectivity index (χ1) is 13.3. The molecular formula is C21H22F3N3O. The van der Waals surface area contributed by atoms with Crippen LogP contribution in [-0.4, -0.2) is 15.6 Å². The number of aromatic nitrogens is 2. The number of ketones is 1. The number of fused-ring (bicyclic) bond motifs is 2. The SMILES string of the molecule is CCC[C@@H]1c2c(C)nn(-c3ccccc3C(F)(F)F)c2NC2=CCCC(=O)[C@H]21. The zero-order chi connectivity index (χ0) is 20.1. The number of carbonyl (C=O) groups is 1. The van der Waals surface area contributed by atoms with E-state index < -0.39 is 11.7 Å². The average Bonchev–Trinajstić information content (AvgIpc) is 2.97. The Labute approximate surface area is 161 Å². The zero-order valence-electron chi connectivity index (χ0n) is 15.8. The number of hydrogen-bond donors (Lipinski definition) is 1. The van der Waals surface area contributed by atoms with Crippen LogP contribution in [0, 0.1) is 12.8 Å². The summed E-state index contributed by atoms with van der Waals surface area (Å²) in [7, 11) is 0. The number of carbonyl (C=O) groups excluding carboxylic acids is 1. The highest BCUT2D eigenvalue weighted by Gasteiger charge is 2.42. The predicted molar refractivity (Wildman–Crippen MR) is 100 cm³/mol. The number of para-hydroxylation sites is 1. The molecule has 28 heavy (non-hydrogen) atoms. The lowest BCUT2D eigenvalue weighted by Crippen LogP contribution is -2.34. The summed E-state index contributed by atoms with van der Waals surface area (Å²) in [6.45, 7) is 3.86. The van der Waals surface area contributed by atoms with E-state index in [1.807, 2.05) is 6.08 Å². The van der Waals surface area contributed by atoms with Gasteiger partial charge in [0.15, 0.2) is 0 Å². The summed E-state index contributed by atoms with van der Waals surface area (Å²) in [4.78, 5) is 12.6. The van der Waals surface area contributed by atoms with Crippen LogP contribution in [-0.2, 0) is 11.0 Å². The fraction of sp³-hybridized carbons (Fsp3) is 0.429. The first kappa shape index (κ1) is 18.8. The fourth-order valence-electron chi connectivity index (χ4n) is 4.50. The van der Waals surface area contributed by atoms with Crippen molar-refractivity contribution in [2.45, 2.75) is 51.6 Å². The second-order valence-electron chi connectivity index (χ2n) is 7.44. The predicted octanol–water partition coefficient (Wildman–Crippen LogP) is 5.37. The minimum Gasteiger partial charge on any atom is -0.343 e. The molecule has 1 aliphatic carbocycles. The normalized spacial score (nSPS) is 21.6. The molecule has 0 amide bonds. The van der Waals surface area contributed by atoms with E-state index >= 15 is 0 Å². The summed E-state index contributed by atoms with van der Waals surface area (Å²) < 4.78 is 42.1. The number of allylic oxidation sites excluding steroid dienone is 2. The third-order valence-electron chi connectivity index (χ3n) is 5.62. The van der Waals surface area contributed by atoms with Gasteiger partial charge in [-0.2, -0.15) is 18.3 Å². The Hall–Kier alpha value is -2.57. The summed E-state index contributed by atoms with van der Waals surface area (Å²) in [5.41, 5.74) is 1.58. The molecule has 4 rings (SSSR count). The summed E-state index contributed by atoms with van der Waals surface area (Å²) in [5.74, 6) is 0.421. The topological polar surface area (TPSA) is 46.9 Å². The number of rotatable bonds is 3. The van der Waals surface area contributed by atoms with E-state index in [1.165, 1.54) is 16.8 Å². The Kier molecular flexibility index (Phi) is 4.56. The van der Waals surface area contributed by atoms with Crippen molar-refractivity contribution in [3.05, 3.63) is 52.9 Å². The van der Waals surface area contributed by atoms with E-state index in [0.29, 0.717) is 24.4 Å². The Bertz CT molecular complexity index is 958. The lowest BCUT2D eigenvalue weighted by Gasteiger charge is -2.36. The van der Waals surface area contributed by atoms with Crippen molar-refractivity contribution in [3.8, 4) is 5.69 Å². The number of alkyl halides is 3. The highest BCUT2D eigenvalue weighted by Crippen LogP contribution is 2.48. The lowest BCUT2D eigenvalue weighted by atomic mass is 9.73. The fourth-order valence-corrected chi connectivity index (χ4v) is 4.50. The molecule has 0 bridgehead atoms. The quantitative estimate of drug-likeness (QED) is 0.768. The molecule has 0 saturated carbocycles. The molecule has 1 aromatic carbocycles. The van der Waals surface area contributed by atoms with E-state index in [2.05, 4.69) is 17.3 Å². The van der Waals surface area contributed by atoms with Crippen LogP contribution in [0.25, 0.3) is 5.69 Å². The molecule has 0 spiro atoms. The van der Waals surface area contributed by atoms with Crippen LogP contribution in [0.1, 0.15) is 55.3 Å². The number of anilines is 1. The van der Waals surface area contributed by atoms with Crippen molar-refractivity contribution in [3.63, 3.8) is 0 Å². The van der Waals surface area contributed by atoms with Crippen LogP contribution in [0.15, 0.2) is 36.0 Å². The van der Waals surface area contributed by atoms with Crippen molar-refractivity contribution in [1.29, 1.82) is 0 Å². The van der Waals surface area contributed by atoms with E-state index in [4.69, 9.17) is 0 Å². The first-order valence-corrected chi connectivity index (χ1v) is 9.58. The number of nitrogens with zero attached hydrogens (tertiary/aromatic N) is 2. The number of hydrogen-bond acceptors (Lipinski definition) is 3. The van der Waals surface area contributed by atoms with Gasteiger partial charge in [-0.15, -0.1) is 0 Å². The van der Waals surface area contributed by atoms with Crippen molar-refractivity contribution in [2.24, 2.45) is 5.92 Å². The molecule has 0 saturated heterocycles. The Morgan fingerprint density at radius 2 is 2.04 bits per heavy atom. The van der Waals surface area contributed by atoms with Gasteiger partial charge in [-0.3, -0.25) is 4.79 Å². The molecule has 4 nitrogen and oxygen atoms in total. The van der Waals surface area contributed by atoms with Gasteiger partial charge in [0.2, 0.25) is 0 Å². The van der Waals surface area contributed by atoms with Gasteiger partial charge in [-0.1, -0.05) is 31.6 Å². The number of halogens is 3. The van der Waals surface area contributed by atoms with Crippen molar-refractivity contribution < 1.29 is 18.0 Å². The van der Waals surface area contributed by atoms with Crippen LogP contribution >= 0.6 is 0 Å². The van der Waals surface area contributed by atoms with E-state index in [0.717, 1.165) is 30.2 Å². The Morgan fingerprint density at radius 1 is 1.29 bits per heavy atom. The molecule has 1 N–H and O–H groups in total. The van der Waals surface area contributed by atoms with Crippen molar-refractivity contribution >= 4 is 11.6 Å². The van der Waals surface area contributed by atoms with Crippen molar-refractivity contribution in [2.75, 3.05) is 5.32 Å². The molecule has 148 valence electrons. The number of nitrogens with one attached hydrogen (secondary N) is 1. The monoisotopic (exact) mass is 389 g/mol. The third-order valence-corrected chi connectivity index (χ3v) is 5.62. The van der Waals surface area contributed by atoms with Crippen LogP contribution in [0.4, 0.5) is 19.0 Å². The maximum Gasteiger partial charge on any atom is 0.418 e. The molecular weight excluding hydrogens is 367 g/mol. The molecule has 2 aromatic rings. The van der Waals surface area contributed by atoms with Gasteiger partial charge in [-0.05, 0) is 31.9 Å². The maximum atomic E-state index is 13.6. The molecule has 7 heteroatoms. The van der Waals surface area contributed by atoms with Gasteiger partial charge >= 0.3 is 6.18 Å². The van der Waals surface area contributed by atoms with Gasteiger partial charge in [-0.25, -0.2) is 4.68 Å². The molecule has 2 heterocycles. The standard InChI is InChI=1S/C21H22F3N3O/c1-3-7-13-18-12(2)26-27(16-10-5-4-8-14(16)21(22,23)24)20(18)25-15-9-6-11-17(28)19(13)15/h4-5,8-10,13,19,25H,3,6-7,11H2,1-2H3/t13-,19+/m1/s1. The maximum absolute atomic E-state index is 13.6. The third kappa shape index (κ3) is 2.93. The smallest absolute Gasteiger partial charge is 0.343 e. The summed E-state index contributed by atoms with van der Waals surface area (Å²) in [6, 6.07) is 5.45. The van der Waals surface area contributed by atoms with E-state index in [1.54, 1.807) is 13.0 Å². The van der Waals surface area contributed by atoms with E-state index in [9.17, 15) is 18.0 Å². The average molecular weight is 389 g/mol. The molecule has 1 aromatic heterocycles. The molecule has 0 radical (unpaired) electrons. The van der Waals surface area contributed by atoms with Crippen LogP contribution in [0.5, 0.6) is 0 Å². The Morgan fingerprint density at radius 3 is 2.75 bits per heavy atom. The number of benzene rings is 1. The molecule has 1 aliphatic heterocycles. The largest absolute Gasteiger partial charge is 0.418 e. The number of aryl methyl sites for hydroxylation is 1. The highest BCUT2D eigenvalue weighted by molar-refractivity contribution is 5.88. The second kappa shape index (κ2) is 6.79. The molecule has 0 fully saturated rings. The van der Waals surface area contributed by atoms with Gasteiger partial charge in [0.25, 0.3) is 0 Å². The first-order valence-electron chi connectivity index (χ1n) is 9.58. The highest BCUT2D eigenvalue weighted by atomic mass is 19.4. The summed E-state index contributed by atoms with van der Waals surface area (Å²) in [6.07, 6.45) is 0.345. The summed E-state index contributed by atoms with van der Waals surface area (Å²) >= 11 is 0. The summed E-state index contributed by atoms with van der Waals surface area (Å²) in [5, 5.41) is 7.73. The number of Topliss-reactive ketones (excluding diaryl/α,β-unsaturated/α-hetero) is 1. The Balaban J connectivity index is 1.92. The van der Waals surface area contributed by atoms with Gasteiger partial charge in [0.05, 0.1) is 22.9 Å². The molecule has 2 aliphatic rings. The van der Waals surface area contributed by atoms with E-state index in [-0.39, 0.29) is 23.3 Å². The van der Waals surface area contributed by atoms with Gasteiger partial charge < -0.3 is 5.32 Å². The lowest BCUT2D eigenvalue weighted by molar-refractivity contribution is -0.137. The second-order valence-corrected chi connectivity index (χ2v) is 7.44. The van der Waals surface area contributed by atoms with Crippen LogP contribution in [0.3, 0.4) is 0 Å². The molecule has 2 atom stereocenters. The zero-order valence-corrected chi connectivity index (χ0v) is 15.8. The van der Waals surface area contributed by atoms with Gasteiger partial charge in [0, 0.05) is 23.6 Å². The van der Waals surface area contributed by atoms with Crippen molar-refractivity contribution in [1.82, 2.24) is 9.78 Å². The van der Waals surface area contributed by atoms with Crippen LogP contribution in [0.2, 0.25) is 0 Å². The minimum atomic E-state index is -4.48. The van der Waals surface area contributed by atoms with Gasteiger partial charge in [0.1, 0.15) is 11.6 Å².